The van der Waals surface area contributed by atoms with Crippen molar-refractivity contribution in [2.45, 2.75) is 0 Å². The molecule has 0 spiro atoms. The molecule has 2 aromatic carbocycles. The molecule has 0 saturated heterocycles. The average Bonchev–Trinajstić information content (AvgIpc) is 2.65. The highest BCUT2D eigenvalue weighted by Gasteiger charge is 2.06. The van der Waals surface area contributed by atoms with Crippen LogP contribution in [0, 0.1) is 0 Å². The lowest BCUT2D eigenvalue weighted by Crippen LogP contribution is -1.95. The van der Waals surface area contributed by atoms with Crippen molar-refractivity contribution in [1.82, 2.24) is 4.98 Å². The predicted octanol–water partition coefficient (Wildman–Crippen LogP) is 4.15. The Balaban J connectivity index is 1.89. The number of rotatable bonds is 5. The van der Waals surface area contributed by atoms with Gasteiger partial charge in [0.1, 0.15) is 5.75 Å². The van der Waals surface area contributed by atoms with Gasteiger partial charge in [0.15, 0.2) is 5.78 Å². The maximum Gasteiger partial charge on any atom is 0.221 e. The predicted molar refractivity (Wildman–Crippen MR) is 94.7 cm³/mol. The first-order valence-corrected chi connectivity index (χ1v) is 7.51. The molecule has 0 amide bonds. The van der Waals surface area contributed by atoms with Crippen molar-refractivity contribution < 1.29 is 14.3 Å². The summed E-state index contributed by atoms with van der Waals surface area (Å²) >= 11 is 0. The molecule has 4 nitrogen and oxygen atoms in total. The van der Waals surface area contributed by atoms with Gasteiger partial charge in [-0.25, -0.2) is 4.98 Å². The van der Waals surface area contributed by atoms with E-state index >= 15 is 0 Å². The van der Waals surface area contributed by atoms with E-state index < -0.39 is 0 Å². The van der Waals surface area contributed by atoms with E-state index in [1.54, 1.807) is 44.6 Å². The van der Waals surface area contributed by atoms with Crippen LogP contribution in [0.25, 0.3) is 17.0 Å². The third-order valence-electron chi connectivity index (χ3n) is 3.70. The Morgan fingerprint density at radius 2 is 1.75 bits per heavy atom. The van der Waals surface area contributed by atoms with Gasteiger partial charge in [-0.1, -0.05) is 18.2 Å². The van der Waals surface area contributed by atoms with Crippen molar-refractivity contribution in [1.29, 1.82) is 0 Å². The zero-order valence-corrected chi connectivity index (χ0v) is 13.5. The molecule has 0 aliphatic rings. The van der Waals surface area contributed by atoms with Crippen LogP contribution in [0.1, 0.15) is 15.9 Å². The van der Waals surface area contributed by atoms with Crippen LogP contribution >= 0.6 is 0 Å². The largest absolute Gasteiger partial charge is 0.497 e. The van der Waals surface area contributed by atoms with Crippen LogP contribution < -0.4 is 9.47 Å². The molecule has 1 heterocycles. The second-order valence-corrected chi connectivity index (χ2v) is 5.21. The van der Waals surface area contributed by atoms with Crippen LogP contribution in [-0.4, -0.2) is 25.0 Å². The van der Waals surface area contributed by atoms with Gasteiger partial charge in [0.25, 0.3) is 0 Å². The minimum absolute atomic E-state index is 0.0899. The maximum atomic E-state index is 12.3. The molecule has 120 valence electrons. The van der Waals surface area contributed by atoms with Crippen molar-refractivity contribution in [2.24, 2.45) is 0 Å². The lowest BCUT2D eigenvalue weighted by Gasteiger charge is -2.06. The summed E-state index contributed by atoms with van der Waals surface area (Å²) in [4.78, 5) is 16.8. The van der Waals surface area contributed by atoms with Crippen molar-refractivity contribution >= 4 is 22.8 Å². The highest BCUT2D eigenvalue weighted by molar-refractivity contribution is 6.07. The number of allylic oxidation sites excluding steroid dienone is 1. The van der Waals surface area contributed by atoms with E-state index in [2.05, 4.69) is 4.98 Å². The number of nitrogens with zero attached hydrogens (tertiary/aromatic N) is 1. The number of hydrogen-bond donors (Lipinski definition) is 0. The number of ketones is 1. The molecule has 0 fully saturated rings. The fourth-order valence-electron chi connectivity index (χ4n) is 2.41. The summed E-state index contributed by atoms with van der Waals surface area (Å²) in [6.07, 6.45) is 3.25. The first kappa shape index (κ1) is 15.7. The second kappa shape index (κ2) is 6.96. The summed E-state index contributed by atoms with van der Waals surface area (Å²) in [5.41, 5.74) is 2.21. The number of para-hydroxylation sites is 1. The van der Waals surface area contributed by atoms with Crippen LogP contribution in [0.15, 0.2) is 60.7 Å². The lowest BCUT2D eigenvalue weighted by atomic mass is 10.1. The van der Waals surface area contributed by atoms with Crippen molar-refractivity contribution in [3.63, 3.8) is 0 Å². The quantitative estimate of drug-likeness (QED) is 0.523. The van der Waals surface area contributed by atoms with E-state index in [9.17, 15) is 4.79 Å². The molecule has 1 aromatic heterocycles. The van der Waals surface area contributed by atoms with Crippen LogP contribution in [0.5, 0.6) is 11.6 Å². The molecule has 0 bridgehead atoms. The number of fused-ring (bicyclic) bond motifs is 1. The highest BCUT2D eigenvalue weighted by atomic mass is 16.5. The van der Waals surface area contributed by atoms with Crippen LogP contribution in [0.2, 0.25) is 0 Å². The molecular weight excluding hydrogens is 302 g/mol. The number of ether oxygens (including phenoxy) is 2. The maximum absolute atomic E-state index is 12.3. The number of pyridine rings is 1. The van der Waals surface area contributed by atoms with Gasteiger partial charge in [-0.05, 0) is 48.6 Å². The molecule has 0 saturated carbocycles. The van der Waals surface area contributed by atoms with Crippen molar-refractivity contribution in [3.8, 4) is 11.6 Å². The fourth-order valence-corrected chi connectivity index (χ4v) is 2.41. The zero-order valence-electron chi connectivity index (χ0n) is 13.5. The molecule has 4 heteroatoms. The molecule has 0 radical (unpaired) electrons. The lowest BCUT2D eigenvalue weighted by molar-refractivity contribution is 0.104. The summed E-state index contributed by atoms with van der Waals surface area (Å²) < 4.78 is 10.4. The van der Waals surface area contributed by atoms with Gasteiger partial charge in [0.05, 0.1) is 19.7 Å². The molecule has 3 aromatic rings. The minimum Gasteiger partial charge on any atom is -0.497 e. The summed E-state index contributed by atoms with van der Waals surface area (Å²) in [5, 5.41) is 0.995. The topological polar surface area (TPSA) is 48.4 Å². The van der Waals surface area contributed by atoms with Crippen LogP contribution in [0.3, 0.4) is 0 Å². The fraction of sp³-hybridized carbons (Fsp3) is 0.100. The molecule has 3 rings (SSSR count). The Hall–Kier alpha value is -3.14. The Morgan fingerprint density at radius 1 is 1.00 bits per heavy atom. The van der Waals surface area contributed by atoms with Gasteiger partial charge in [0.2, 0.25) is 5.88 Å². The molecule has 0 unspecified atom stereocenters. The van der Waals surface area contributed by atoms with Crippen molar-refractivity contribution in [3.05, 3.63) is 71.8 Å². The Bertz CT molecular complexity index is 898. The van der Waals surface area contributed by atoms with Gasteiger partial charge in [-0.15, -0.1) is 0 Å². The standard InChI is InChI=1S/C20H17NO3/c1-23-17-10-7-14(8-11-17)19(22)12-9-16-13-15-5-3-4-6-18(15)21-20(16)24-2/h3-13H,1-2H3. The first-order chi connectivity index (χ1) is 11.7. The zero-order chi connectivity index (χ0) is 16.9. The SMILES string of the molecule is COc1ccc(C(=O)C=Cc2cc3ccccc3nc2OC)cc1. The summed E-state index contributed by atoms with van der Waals surface area (Å²) in [6.45, 7) is 0. The Morgan fingerprint density at radius 3 is 2.46 bits per heavy atom. The van der Waals surface area contributed by atoms with Crippen molar-refractivity contribution in [2.75, 3.05) is 14.2 Å². The normalized spacial score (nSPS) is 10.9. The number of carbonyl (C=O) groups excluding carboxylic acids is 1. The van der Waals surface area contributed by atoms with Gasteiger partial charge >= 0.3 is 0 Å². The minimum atomic E-state index is -0.0899. The van der Waals surface area contributed by atoms with E-state index in [1.165, 1.54) is 6.08 Å². The molecule has 0 aliphatic heterocycles. The van der Waals surface area contributed by atoms with E-state index in [4.69, 9.17) is 9.47 Å². The van der Waals surface area contributed by atoms with E-state index in [0.29, 0.717) is 11.4 Å². The second-order valence-electron chi connectivity index (χ2n) is 5.21. The number of methoxy groups -OCH3 is 2. The van der Waals surface area contributed by atoms with Crippen LogP contribution in [-0.2, 0) is 0 Å². The van der Waals surface area contributed by atoms with Gasteiger partial charge in [0, 0.05) is 16.5 Å². The highest BCUT2D eigenvalue weighted by Crippen LogP contribution is 2.23. The molecule has 24 heavy (non-hydrogen) atoms. The third-order valence-corrected chi connectivity index (χ3v) is 3.70. The van der Waals surface area contributed by atoms with Gasteiger partial charge < -0.3 is 9.47 Å². The van der Waals surface area contributed by atoms with Gasteiger partial charge in [-0.3, -0.25) is 4.79 Å². The number of carbonyl (C=O) groups is 1. The average molecular weight is 319 g/mol. The van der Waals surface area contributed by atoms with Crippen LogP contribution in [0.4, 0.5) is 0 Å². The Kier molecular flexibility index (Phi) is 4.57. The third kappa shape index (κ3) is 3.27. The summed E-state index contributed by atoms with van der Waals surface area (Å²) in [7, 11) is 3.16. The van der Waals surface area contributed by atoms with E-state index in [0.717, 1.165) is 22.2 Å². The van der Waals surface area contributed by atoms with E-state index in [-0.39, 0.29) is 5.78 Å². The van der Waals surface area contributed by atoms with Gasteiger partial charge in [-0.2, -0.15) is 0 Å². The smallest absolute Gasteiger partial charge is 0.221 e. The summed E-state index contributed by atoms with van der Waals surface area (Å²) in [6, 6.07) is 16.7. The monoisotopic (exact) mass is 319 g/mol. The summed E-state index contributed by atoms with van der Waals surface area (Å²) in [5.74, 6) is 1.12. The number of benzene rings is 2. The molecule has 0 N–H and O–H groups in total. The number of aromatic nitrogens is 1. The Labute approximate surface area is 140 Å². The number of hydrogen-bond acceptors (Lipinski definition) is 4. The molecular formula is C20H17NO3. The molecule has 0 aliphatic carbocycles. The molecule has 0 atom stereocenters. The first-order valence-electron chi connectivity index (χ1n) is 7.51. The van der Waals surface area contributed by atoms with E-state index in [1.807, 2.05) is 30.3 Å².